The molecule has 1 aliphatic heterocycles. The van der Waals surface area contributed by atoms with E-state index in [0.29, 0.717) is 48.9 Å². The van der Waals surface area contributed by atoms with E-state index in [9.17, 15) is 24.3 Å². The highest BCUT2D eigenvalue weighted by molar-refractivity contribution is 6.01. The molecule has 2 heterocycles. The van der Waals surface area contributed by atoms with Gasteiger partial charge in [-0.2, -0.15) is 0 Å². The molecular formula is C33H40N4O6. The molecule has 2 aliphatic rings. The molecule has 10 nitrogen and oxygen atoms in total. The van der Waals surface area contributed by atoms with Gasteiger partial charge in [-0.25, -0.2) is 9.59 Å². The lowest BCUT2D eigenvalue weighted by Crippen LogP contribution is -2.48. The Hall–Kier alpha value is -4.34. The first-order valence-corrected chi connectivity index (χ1v) is 15.0. The fourth-order valence-corrected chi connectivity index (χ4v) is 6.34. The number of nitrogens with zero attached hydrogens (tertiary/aromatic N) is 1. The van der Waals surface area contributed by atoms with Crippen LogP contribution in [0.15, 0.2) is 54.6 Å². The molecule has 10 heteroatoms. The number of carboxylic acid groups (broad SMARTS) is 1. The number of aromatic amines is 1. The molecule has 1 saturated heterocycles. The molecule has 3 aromatic rings. The molecule has 2 aromatic carbocycles. The number of H-pyrrole nitrogens is 1. The van der Waals surface area contributed by atoms with E-state index in [1.165, 1.54) is 6.07 Å². The van der Waals surface area contributed by atoms with Crippen LogP contribution < -0.4 is 10.6 Å². The van der Waals surface area contributed by atoms with Crippen LogP contribution in [0.1, 0.15) is 74.8 Å². The lowest BCUT2D eigenvalue weighted by atomic mass is 9.81. The summed E-state index contributed by atoms with van der Waals surface area (Å²) in [6.45, 7) is 6.49. The largest absolute Gasteiger partial charge is 0.477 e. The van der Waals surface area contributed by atoms with E-state index in [4.69, 9.17) is 4.74 Å². The number of likely N-dealkylation sites (tertiary alicyclic amines) is 1. The molecule has 0 spiro atoms. The number of carbonyl (C=O) groups excluding carboxylic acids is 3. The second kappa shape index (κ2) is 12.5. The van der Waals surface area contributed by atoms with Gasteiger partial charge < -0.3 is 30.4 Å². The monoisotopic (exact) mass is 588 g/mol. The molecule has 0 radical (unpaired) electrons. The van der Waals surface area contributed by atoms with Crippen molar-refractivity contribution in [3.63, 3.8) is 0 Å². The molecule has 4 N–H and O–H groups in total. The lowest BCUT2D eigenvalue weighted by molar-refractivity contribution is -0.141. The first-order chi connectivity index (χ1) is 20.5. The summed E-state index contributed by atoms with van der Waals surface area (Å²) in [4.78, 5) is 55.8. The lowest BCUT2D eigenvalue weighted by Gasteiger charge is -2.34. The molecule has 228 valence electrons. The third-order valence-corrected chi connectivity index (χ3v) is 8.43. The highest BCUT2D eigenvalue weighted by atomic mass is 16.6. The van der Waals surface area contributed by atoms with Gasteiger partial charge in [-0.3, -0.25) is 9.59 Å². The summed E-state index contributed by atoms with van der Waals surface area (Å²) in [6, 6.07) is 15.9. The van der Waals surface area contributed by atoms with Gasteiger partial charge in [0.1, 0.15) is 17.3 Å². The van der Waals surface area contributed by atoms with Crippen molar-refractivity contribution in [3.8, 4) is 0 Å². The smallest absolute Gasteiger partial charge is 0.407 e. The maximum Gasteiger partial charge on any atom is 0.407 e. The molecule has 2 atom stereocenters. The number of hydrogen-bond acceptors (Lipinski definition) is 5. The minimum Gasteiger partial charge on any atom is -0.477 e. The zero-order valence-corrected chi connectivity index (χ0v) is 24.9. The second-order valence-electron chi connectivity index (χ2n) is 12.7. The summed E-state index contributed by atoms with van der Waals surface area (Å²) < 4.78 is 5.34. The standard InChI is InChI=1S/C33H40N4O6/c1-33(2,3)43-32(42)34-19-20-9-11-22(12-10-20)30(39)37-16-15-25(21-7-5-4-6-8-21)28(37)29(38)35-24-13-14-26-23(17-24)18-27(36-26)31(40)41/h4-8,13-14,17-18,20,22,25,28,36H,9-12,15-16,19H2,1-3H3,(H,34,42)(H,35,38)(H,40,41)/t20-,22-,25-,28-/m0/s1. The maximum atomic E-state index is 13.9. The van der Waals surface area contributed by atoms with Gasteiger partial charge in [0.15, 0.2) is 0 Å². The number of aromatic nitrogens is 1. The van der Waals surface area contributed by atoms with E-state index in [2.05, 4.69) is 15.6 Å². The Morgan fingerprint density at radius 1 is 0.977 bits per heavy atom. The van der Waals surface area contributed by atoms with E-state index in [1.54, 1.807) is 23.1 Å². The third kappa shape index (κ3) is 7.18. The van der Waals surface area contributed by atoms with Gasteiger partial charge in [0.25, 0.3) is 0 Å². The summed E-state index contributed by atoms with van der Waals surface area (Å²) in [5, 5.41) is 15.8. The molecule has 2 fully saturated rings. The highest BCUT2D eigenvalue weighted by Gasteiger charge is 2.44. The predicted molar refractivity (Wildman–Crippen MR) is 163 cm³/mol. The number of anilines is 1. The van der Waals surface area contributed by atoms with Crippen LogP contribution in [0.3, 0.4) is 0 Å². The van der Waals surface area contributed by atoms with Crippen molar-refractivity contribution >= 4 is 40.5 Å². The van der Waals surface area contributed by atoms with Crippen LogP contribution >= 0.6 is 0 Å². The average molecular weight is 589 g/mol. The van der Waals surface area contributed by atoms with Crippen molar-refractivity contribution in [1.29, 1.82) is 0 Å². The number of ether oxygens (including phenoxy) is 1. The zero-order valence-electron chi connectivity index (χ0n) is 24.9. The van der Waals surface area contributed by atoms with Crippen LogP contribution in [-0.2, 0) is 14.3 Å². The van der Waals surface area contributed by atoms with Gasteiger partial charge in [0.2, 0.25) is 11.8 Å². The number of nitrogens with one attached hydrogen (secondary N) is 3. The fourth-order valence-electron chi connectivity index (χ4n) is 6.34. The topological polar surface area (TPSA) is 141 Å². The van der Waals surface area contributed by atoms with Crippen LogP contribution in [0.4, 0.5) is 10.5 Å². The molecule has 43 heavy (non-hydrogen) atoms. The van der Waals surface area contributed by atoms with Gasteiger partial charge in [-0.05, 0) is 88.6 Å². The number of hydrogen-bond donors (Lipinski definition) is 4. The van der Waals surface area contributed by atoms with Crippen LogP contribution in [0.5, 0.6) is 0 Å². The van der Waals surface area contributed by atoms with Crippen molar-refractivity contribution in [1.82, 2.24) is 15.2 Å². The molecule has 0 bridgehead atoms. The van der Waals surface area contributed by atoms with E-state index in [-0.39, 0.29) is 35.3 Å². The van der Waals surface area contributed by atoms with E-state index in [1.807, 2.05) is 51.1 Å². The number of aromatic carboxylic acids is 1. The van der Waals surface area contributed by atoms with Gasteiger partial charge in [-0.15, -0.1) is 0 Å². The molecule has 1 aliphatic carbocycles. The Kier molecular flexibility index (Phi) is 8.75. The van der Waals surface area contributed by atoms with Gasteiger partial charge in [-0.1, -0.05) is 30.3 Å². The number of rotatable bonds is 7. The molecule has 3 amide bonds. The Morgan fingerprint density at radius 3 is 2.37 bits per heavy atom. The van der Waals surface area contributed by atoms with Gasteiger partial charge in [0.05, 0.1) is 0 Å². The number of carbonyl (C=O) groups is 4. The third-order valence-electron chi connectivity index (χ3n) is 8.43. The first-order valence-electron chi connectivity index (χ1n) is 15.0. The average Bonchev–Trinajstić information content (AvgIpc) is 3.61. The van der Waals surface area contributed by atoms with Crippen molar-refractivity contribution < 1.29 is 29.0 Å². The summed E-state index contributed by atoms with van der Waals surface area (Å²) in [7, 11) is 0. The zero-order chi connectivity index (χ0) is 30.7. The summed E-state index contributed by atoms with van der Waals surface area (Å²) in [5.41, 5.74) is 1.74. The normalized spacial score (nSPS) is 22.3. The predicted octanol–water partition coefficient (Wildman–Crippen LogP) is 5.52. The highest BCUT2D eigenvalue weighted by Crippen LogP contribution is 2.38. The van der Waals surface area contributed by atoms with Gasteiger partial charge in [0, 0.05) is 41.5 Å². The SMILES string of the molecule is CC(C)(C)OC(=O)NC[C@H]1CC[C@H](C(=O)N2CC[C@@H](c3ccccc3)[C@H]2C(=O)Nc2ccc3[nH]c(C(=O)O)cc3c2)CC1. The first kappa shape index (κ1) is 30.1. The molecule has 0 unspecified atom stereocenters. The van der Waals surface area contributed by atoms with Gasteiger partial charge >= 0.3 is 12.1 Å². The van der Waals surface area contributed by atoms with Crippen molar-refractivity contribution in [2.75, 3.05) is 18.4 Å². The Bertz CT molecular complexity index is 1490. The minimum atomic E-state index is -1.05. The number of amides is 3. The Balaban J connectivity index is 1.27. The van der Waals surface area contributed by atoms with Crippen molar-refractivity contribution in [3.05, 3.63) is 65.9 Å². The number of fused-ring (bicyclic) bond motifs is 1. The Labute approximate surface area is 251 Å². The fraction of sp³-hybridized carbons (Fsp3) is 0.455. The quantitative estimate of drug-likeness (QED) is 0.286. The van der Waals surface area contributed by atoms with E-state index >= 15 is 0 Å². The van der Waals surface area contributed by atoms with Crippen LogP contribution in [0.25, 0.3) is 10.9 Å². The van der Waals surface area contributed by atoms with Crippen molar-refractivity contribution in [2.45, 2.75) is 70.4 Å². The number of alkyl carbamates (subject to hydrolysis) is 1. The molecule has 1 saturated carbocycles. The number of benzene rings is 2. The molecule has 5 rings (SSSR count). The summed E-state index contributed by atoms with van der Waals surface area (Å²) >= 11 is 0. The van der Waals surface area contributed by atoms with E-state index < -0.39 is 23.7 Å². The second-order valence-corrected chi connectivity index (χ2v) is 12.7. The van der Waals surface area contributed by atoms with Crippen molar-refractivity contribution in [2.24, 2.45) is 11.8 Å². The molecule has 1 aromatic heterocycles. The van der Waals surface area contributed by atoms with Crippen LogP contribution in [0, 0.1) is 11.8 Å². The summed E-state index contributed by atoms with van der Waals surface area (Å²) in [6.07, 6.45) is 3.29. The Morgan fingerprint density at radius 2 is 1.70 bits per heavy atom. The van der Waals surface area contributed by atoms with E-state index in [0.717, 1.165) is 18.4 Å². The maximum absolute atomic E-state index is 13.9. The van der Waals surface area contributed by atoms with Crippen LogP contribution in [0.2, 0.25) is 0 Å². The molecular weight excluding hydrogens is 548 g/mol. The minimum absolute atomic E-state index is 0.00400. The summed E-state index contributed by atoms with van der Waals surface area (Å²) in [5.74, 6) is -1.35. The number of carboxylic acids is 1. The van der Waals surface area contributed by atoms with Crippen LogP contribution in [-0.4, -0.2) is 63.6 Å².